The molecule has 0 unspecified atom stereocenters. The molecule has 0 fully saturated rings. The molecule has 2 nitrogen and oxygen atoms in total. The Morgan fingerprint density at radius 1 is 1.00 bits per heavy atom. The van der Waals surface area contributed by atoms with Crippen LogP contribution in [-0.2, 0) is 6.42 Å². The maximum absolute atomic E-state index is 10.2. The van der Waals surface area contributed by atoms with Crippen LogP contribution in [0.4, 0.5) is 0 Å². The van der Waals surface area contributed by atoms with Crippen molar-refractivity contribution >= 4 is 0 Å². The molecule has 22 heavy (non-hydrogen) atoms. The van der Waals surface area contributed by atoms with Gasteiger partial charge >= 0.3 is 0 Å². The summed E-state index contributed by atoms with van der Waals surface area (Å²) in [5.74, 6) is 1.48. The zero-order chi connectivity index (χ0) is 16.3. The number of hydrogen-bond acceptors (Lipinski definition) is 2. The van der Waals surface area contributed by atoms with Gasteiger partial charge in [0, 0.05) is 5.56 Å². The molecule has 0 aromatic heterocycles. The Labute approximate surface area is 135 Å². The molecule has 1 atom stereocenters. The summed E-state index contributed by atoms with van der Waals surface area (Å²) in [4.78, 5) is 0. The molecule has 0 saturated heterocycles. The van der Waals surface area contributed by atoms with Crippen LogP contribution in [0.3, 0.4) is 0 Å². The normalized spacial score (nSPS) is 20.6. The molecule has 2 rings (SSSR count). The number of benzene rings is 1. The molecule has 1 N–H and O–H groups in total. The molecule has 124 valence electrons. The highest BCUT2D eigenvalue weighted by Crippen LogP contribution is 2.44. The minimum Gasteiger partial charge on any atom is -0.507 e. The Balaban J connectivity index is 2.10. The fraction of sp³-hybridized carbons (Fsp3) is 0.700. The van der Waals surface area contributed by atoms with Gasteiger partial charge in [-0.25, -0.2) is 0 Å². The molecule has 1 aliphatic rings. The lowest BCUT2D eigenvalue weighted by molar-refractivity contribution is 0.0522. The van der Waals surface area contributed by atoms with Crippen LogP contribution >= 0.6 is 0 Å². The predicted molar refractivity (Wildman–Crippen MR) is 93.0 cm³/mol. The summed E-state index contributed by atoms with van der Waals surface area (Å²) in [5, 5.41) is 10.2. The third-order valence-electron chi connectivity index (χ3n) is 5.40. The summed E-state index contributed by atoms with van der Waals surface area (Å²) in [6, 6.07) is 0. The van der Waals surface area contributed by atoms with Gasteiger partial charge < -0.3 is 9.84 Å². The van der Waals surface area contributed by atoms with E-state index in [-0.39, 0.29) is 5.60 Å². The fourth-order valence-corrected chi connectivity index (χ4v) is 3.57. The maximum Gasteiger partial charge on any atom is 0.127 e. The van der Waals surface area contributed by atoms with E-state index in [4.69, 9.17) is 4.74 Å². The molecule has 0 aliphatic carbocycles. The molecule has 1 aliphatic heterocycles. The standard InChI is InChI=1S/C20H32O2/c1-6-7-8-9-10-12-20(5)13-11-17-16(4)18(21)14(2)15(3)19(17)22-20/h21H,6-13H2,1-5H3/t20-/m1/s1. The van der Waals surface area contributed by atoms with Crippen LogP contribution < -0.4 is 4.74 Å². The van der Waals surface area contributed by atoms with E-state index in [1.807, 2.05) is 13.8 Å². The van der Waals surface area contributed by atoms with E-state index in [9.17, 15) is 5.11 Å². The molecule has 2 heteroatoms. The Hall–Kier alpha value is -1.18. The van der Waals surface area contributed by atoms with Gasteiger partial charge in [-0.2, -0.15) is 0 Å². The van der Waals surface area contributed by atoms with E-state index in [2.05, 4.69) is 20.8 Å². The van der Waals surface area contributed by atoms with Crippen molar-refractivity contribution in [1.29, 1.82) is 0 Å². The third-order valence-corrected chi connectivity index (χ3v) is 5.40. The number of fused-ring (bicyclic) bond motifs is 1. The second-order valence-corrected chi connectivity index (χ2v) is 7.25. The second-order valence-electron chi connectivity index (χ2n) is 7.25. The monoisotopic (exact) mass is 304 g/mol. The first-order valence-corrected chi connectivity index (χ1v) is 8.90. The van der Waals surface area contributed by atoms with Crippen LogP contribution in [-0.4, -0.2) is 10.7 Å². The number of ether oxygens (including phenoxy) is 1. The third kappa shape index (κ3) is 3.42. The number of rotatable bonds is 6. The summed E-state index contributed by atoms with van der Waals surface area (Å²) in [6.45, 7) is 10.6. The van der Waals surface area contributed by atoms with Crippen LogP contribution in [0, 0.1) is 20.8 Å². The van der Waals surface area contributed by atoms with Crippen LogP contribution in [0.5, 0.6) is 11.5 Å². The van der Waals surface area contributed by atoms with Crippen molar-refractivity contribution in [2.24, 2.45) is 0 Å². The Kier molecular flexibility index (Phi) is 5.41. The average Bonchev–Trinajstić information content (AvgIpc) is 2.50. The van der Waals surface area contributed by atoms with Crippen molar-refractivity contribution in [3.63, 3.8) is 0 Å². The lowest BCUT2D eigenvalue weighted by Crippen LogP contribution is -2.37. The molecular weight excluding hydrogens is 272 g/mol. The lowest BCUT2D eigenvalue weighted by atomic mass is 9.84. The van der Waals surface area contributed by atoms with Gasteiger partial charge in [-0.05, 0) is 70.1 Å². The van der Waals surface area contributed by atoms with Crippen molar-refractivity contribution < 1.29 is 9.84 Å². The van der Waals surface area contributed by atoms with Gasteiger partial charge in [0.1, 0.15) is 17.1 Å². The van der Waals surface area contributed by atoms with Gasteiger partial charge in [-0.3, -0.25) is 0 Å². The zero-order valence-electron chi connectivity index (χ0n) is 15.0. The van der Waals surface area contributed by atoms with Crippen molar-refractivity contribution in [2.45, 2.75) is 91.6 Å². The van der Waals surface area contributed by atoms with Crippen molar-refractivity contribution in [3.05, 3.63) is 22.3 Å². The minimum atomic E-state index is -0.0418. The molecule has 0 bridgehead atoms. The number of unbranched alkanes of at least 4 members (excludes halogenated alkanes) is 4. The molecular formula is C20H32O2. The maximum atomic E-state index is 10.2. The van der Waals surface area contributed by atoms with E-state index < -0.39 is 0 Å². The van der Waals surface area contributed by atoms with Crippen molar-refractivity contribution in [3.8, 4) is 11.5 Å². The molecule has 1 aromatic rings. The average molecular weight is 304 g/mol. The topological polar surface area (TPSA) is 29.5 Å². The lowest BCUT2D eigenvalue weighted by Gasteiger charge is -2.38. The number of aromatic hydroxyl groups is 1. The summed E-state index contributed by atoms with van der Waals surface area (Å²) in [7, 11) is 0. The Morgan fingerprint density at radius 3 is 2.36 bits per heavy atom. The van der Waals surface area contributed by atoms with Crippen LogP contribution in [0.2, 0.25) is 0 Å². The highest BCUT2D eigenvalue weighted by molar-refractivity contribution is 5.58. The van der Waals surface area contributed by atoms with Gasteiger partial charge in [-0.1, -0.05) is 32.6 Å². The summed E-state index contributed by atoms with van der Waals surface area (Å²) < 4.78 is 6.46. The first kappa shape index (κ1) is 17.2. The van der Waals surface area contributed by atoms with E-state index in [0.29, 0.717) is 5.75 Å². The molecule has 0 radical (unpaired) electrons. The molecule has 1 heterocycles. The van der Waals surface area contributed by atoms with Gasteiger partial charge in [0.25, 0.3) is 0 Å². The smallest absolute Gasteiger partial charge is 0.127 e. The van der Waals surface area contributed by atoms with Gasteiger partial charge in [0.2, 0.25) is 0 Å². The van der Waals surface area contributed by atoms with Gasteiger partial charge in [-0.15, -0.1) is 0 Å². The Morgan fingerprint density at radius 2 is 1.68 bits per heavy atom. The zero-order valence-corrected chi connectivity index (χ0v) is 15.0. The SMILES string of the molecule is CCCCCCC[C@]1(C)CCc2c(C)c(O)c(C)c(C)c2O1. The van der Waals surface area contributed by atoms with Crippen LogP contribution in [0.25, 0.3) is 0 Å². The molecule has 0 spiro atoms. The number of phenolic OH excluding ortho intramolecular Hbond substituents is 1. The largest absolute Gasteiger partial charge is 0.507 e. The van der Waals surface area contributed by atoms with Crippen LogP contribution in [0.15, 0.2) is 0 Å². The number of hydrogen-bond donors (Lipinski definition) is 1. The van der Waals surface area contributed by atoms with E-state index in [1.165, 1.54) is 37.7 Å². The molecule has 0 saturated carbocycles. The van der Waals surface area contributed by atoms with Crippen molar-refractivity contribution in [2.75, 3.05) is 0 Å². The van der Waals surface area contributed by atoms with Crippen molar-refractivity contribution in [1.82, 2.24) is 0 Å². The van der Waals surface area contributed by atoms with E-state index >= 15 is 0 Å². The highest BCUT2D eigenvalue weighted by atomic mass is 16.5. The summed E-state index contributed by atoms with van der Waals surface area (Å²) in [5.41, 5.74) is 4.24. The summed E-state index contributed by atoms with van der Waals surface area (Å²) in [6.07, 6.45) is 9.74. The summed E-state index contributed by atoms with van der Waals surface area (Å²) >= 11 is 0. The molecule has 1 aromatic carbocycles. The highest BCUT2D eigenvalue weighted by Gasteiger charge is 2.33. The van der Waals surface area contributed by atoms with E-state index in [0.717, 1.165) is 41.7 Å². The van der Waals surface area contributed by atoms with Gasteiger partial charge in [0.05, 0.1) is 0 Å². The first-order valence-electron chi connectivity index (χ1n) is 8.90. The Bertz CT molecular complexity index is 533. The fourth-order valence-electron chi connectivity index (χ4n) is 3.57. The number of phenols is 1. The van der Waals surface area contributed by atoms with Gasteiger partial charge in [0.15, 0.2) is 0 Å². The van der Waals surface area contributed by atoms with Crippen LogP contribution in [0.1, 0.15) is 81.0 Å². The van der Waals surface area contributed by atoms with E-state index in [1.54, 1.807) is 0 Å². The minimum absolute atomic E-state index is 0.0418. The predicted octanol–water partition coefficient (Wildman–Crippen LogP) is 5.76. The quantitative estimate of drug-likeness (QED) is 0.677. The second kappa shape index (κ2) is 6.93. The first-order chi connectivity index (χ1) is 10.4. The molecule has 0 amide bonds.